The molecule has 2 aromatic rings. The van der Waals surface area contributed by atoms with Crippen molar-refractivity contribution in [1.82, 2.24) is 0 Å². The minimum atomic E-state index is 0.228. The summed E-state index contributed by atoms with van der Waals surface area (Å²) in [4.78, 5) is 2.03. The van der Waals surface area contributed by atoms with Crippen molar-refractivity contribution in [3.05, 3.63) is 52.5 Å². The average molecular weight is 317 g/mol. The van der Waals surface area contributed by atoms with E-state index in [9.17, 15) is 5.11 Å². The van der Waals surface area contributed by atoms with Gasteiger partial charge >= 0.3 is 0 Å². The van der Waals surface area contributed by atoms with E-state index in [1.165, 1.54) is 0 Å². The molecule has 0 aliphatic rings. The Kier molecular flexibility index (Phi) is 4.08. The standard InChI is InChI=1S/C15H13BrN2O/c1-2-18(13-4-3-5-15(19)9-13)14-7-11(10-17)6-12(16)8-14/h3-9,19H,2H2,1H3. The third-order valence-electron chi connectivity index (χ3n) is 2.78. The molecule has 4 heteroatoms. The van der Waals surface area contributed by atoms with Gasteiger partial charge in [-0.3, -0.25) is 0 Å². The molecule has 3 nitrogen and oxygen atoms in total. The monoisotopic (exact) mass is 316 g/mol. The molecular formula is C15H13BrN2O. The molecular weight excluding hydrogens is 304 g/mol. The Morgan fingerprint density at radius 3 is 2.63 bits per heavy atom. The van der Waals surface area contributed by atoms with Crippen LogP contribution in [0.2, 0.25) is 0 Å². The SMILES string of the molecule is CCN(c1cccc(O)c1)c1cc(Br)cc(C#N)c1. The minimum Gasteiger partial charge on any atom is -0.508 e. The summed E-state index contributed by atoms with van der Waals surface area (Å²) in [5.74, 6) is 0.228. The molecule has 2 rings (SSSR count). The van der Waals surface area contributed by atoms with Gasteiger partial charge in [-0.25, -0.2) is 0 Å². The van der Waals surface area contributed by atoms with Crippen molar-refractivity contribution < 1.29 is 5.11 Å². The first-order valence-electron chi connectivity index (χ1n) is 5.91. The molecule has 0 spiro atoms. The fourth-order valence-electron chi connectivity index (χ4n) is 1.97. The number of phenols is 1. The van der Waals surface area contributed by atoms with Crippen LogP contribution in [-0.2, 0) is 0 Å². The molecule has 0 saturated heterocycles. The number of halogens is 1. The average Bonchev–Trinajstić information content (AvgIpc) is 2.39. The maximum Gasteiger partial charge on any atom is 0.117 e. The number of nitriles is 1. The van der Waals surface area contributed by atoms with Gasteiger partial charge < -0.3 is 10.0 Å². The Labute approximate surface area is 120 Å². The molecule has 0 bridgehead atoms. The van der Waals surface area contributed by atoms with E-state index in [-0.39, 0.29) is 5.75 Å². The van der Waals surface area contributed by atoms with Crippen molar-refractivity contribution in [3.63, 3.8) is 0 Å². The third kappa shape index (κ3) is 3.07. The van der Waals surface area contributed by atoms with E-state index in [2.05, 4.69) is 22.0 Å². The number of rotatable bonds is 3. The number of aromatic hydroxyl groups is 1. The van der Waals surface area contributed by atoms with Crippen molar-refractivity contribution in [1.29, 1.82) is 5.26 Å². The third-order valence-corrected chi connectivity index (χ3v) is 3.24. The Morgan fingerprint density at radius 1 is 1.21 bits per heavy atom. The van der Waals surface area contributed by atoms with Gasteiger partial charge in [-0.1, -0.05) is 22.0 Å². The van der Waals surface area contributed by atoms with E-state index < -0.39 is 0 Å². The van der Waals surface area contributed by atoms with Gasteiger partial charge in [0.05, 0.1) is 11.6 Å². The molecule has 0 aromatic heterocycles. The molecule has 0 radical (unpaired) electrons. The van der Waals surface area contributed by atoms with Crippen LogP contribution in [-0.4, -0.2) is 11.7 Å². The first-order chi connectivity index (χ1) is 9.13. The maximum atomic E-state index is 9.57. The Hall–Kier alpha value is -1.99. The lowest BCUT2D eigenvalue weighted by Gasteiger charge is -2.24. The molecule has 0 fully saturated rings. The number of hydrogen-bond acceptors (Lipinski definition) is 3. The van der Waals surface area contributed by atoms with E-state index in [4.69, 9.17) is 5.26 Å². The lowest BCUT2D eigenvalue weighted by molar-refractivity contribution is 0.475. The molecule has 96 valence electrons. The highest BCUT2D eigenvalue weighted by molar-refractivity contribution is 9.10. The second-order valence-corrected chi connectivity index (χ2v) is 4.99. The molecule has 0 atom stereocenters. The molecule has 0 saturated carbocycles. The normalized spacial score (nSPS) is 9.95. The van der Waals surface area contributed by atoms with E-state index in [0.29, 0.717) is 5.56 Å². The van der Waals surface area contributed by atoms with Crippen LogP contribution in [0.4, 0.5) is 11.4 Å². The molecule has 0 heterocycles. The van der Waals surface area contributed by atoms with Crippen LogP contribution >= 0.6 is 15.9 Å². The quantitative estimate of drug-likeness (QED) is 0.923. The van der Waals surface area contributed by atoms with Crippen molar-refractivity contribution in [3.8, 4) is 11.8 Å². The van der Waals surface area contributed by atoms with Crippen LogP contribution in [0.5, 0.6) is 5.75 Å². The number of anilines is 2. The summed E-state index contributed by atoms with van der Waals surface area (Å²) >= 11 is 3.41. The van der Waals surface area contributed by atoms with E-state index >= 15 is 0 Å². The Balaban J connectivity index is 2.48. The van der Waals surface area contributed by atoms with Gasteiger partial charge in [-0.2, -0.15) is 5.26 Å². The van der Waals surface area contributed by atoms with Crippen molar-refractivity contribution in [2.45, 2.75) is 6.92 Å². The first kappa shape index (κ1) is 13.4. The summed E-state index contributed by atoms with van der Waals surface area (Å²) in [6, 6.07) is 14.8. The van der Waals surface area contributed by atoms with Crippen LogP contribution in [0, 0.1) is 11.3 Å². The second kappa shape index (κ2) is 5.77. The molecule has 0 amide bonds. The van der Waals surface area contributed by atoms with Gasteiger partial charge in [0.15, 0.2) is 0 Å². The first-order valence-corrected chi connectivity index (χ1v) is 6.70. The summed E-state index contributed by atoms with van der Waals surface area (Å²) in [7, 11) is 0. The molecule has 0 aliphatic heterocycles. The van der Waals surface area contributed by atoms with Gasteiger partial charge in [-0.15, -0.1) is 0 Å². The maximum absolute atomic E-state index is 9.57. The topological polar surface area (TPSA) is 47.3 Å². The van der Waals surface area contributed by atoms with Gasteiger partial charge in [0.1, 0.15) is 5.75 Å². The fourth-order valence-corrected chi connectivity index (χ4v) is 2.45. The molecule has 1 N–H and O–H groups in total. The van der Waals surface area contributed by atoms with E-state index in [1.807, 2.05) is 30.0 Å². The Morgan fingerprint density at radius 2 is 2.00 bits per heavy atom. The molecule has 0 unspecified atom stereocenters. The highest BCUT2D eigenvalue weighted by Gasteiger charge is 2.09. The van der Waals surface area contributed by atoms with Crippen LogP contribution < -0.4 is 4.90 Å². The predicted octanol–water partition coefficient (Wildman–Crippen LogP) is 4.18. The highest BCUT2D eigenvalue weighted by Crippen LogP contribution is 2.30. The van der Waals surface area contributed by atoms with Crippen LogP contribution in [0.1, 0.15) is 12.5 Å². The zero-order valence-electron chi connectivity index (χ0n) is 10.5. The highest BCUT2D eigenvalue weighted by atomic mass is 79.9. The summed E-state index contributed by atoms with van der Waals surface area (Å²) in [6.45, 7) is 2.77. The number of phenolic OH excluding ortho intramolecular Hbond substituents is 1. The fraction of sp³-hybridized carbons (Fsp3) is 0.133. The molecule has 0 aliphatic carbocycles. The summed E-state index contributed by atoms with van der Waals surface area (Å²) in [6.07, 6.45) is 0. The van der Waals surface area contributed by atoms with Crippen LogP contribution in [0.15, 0.2) is 46.9 Å². The number of benzene rings is 2. The number of nitrogens with zero attached hydrogens (tertiary/aromatic N) is 2. The zero-order valence-corrected chi connectivity index (χ0v) is 12.1. The Bertz CT molecular complexity index is 634. The van der Waals surface area contributed by atoms with Crippen molar-refractivity contribution in [2.24, 2.45) is 0 Å². The predicted molar refractivity (Wildman–Crippen MR) is 79.6 cm³/mol. The molecule has 2 aromatic carbocycles. The second-order valence-electron chi connectivity index (χ2n) is 4.07. The van der Waals surface area contributed by atoms with E-state index in [1.54, 1.807) is 24.3 Å². The van der Waals surface area contributed by atoms with Gasteiger partial charge in [0.2, 0.25) is 0 Å². The lowest BCUT2D eigenvalue weighted by atomic mass is 10.2. The van der Waals surface area contributed by atoms with E-state index in [0.717, 1.165) is 22.4 Å². The number of hydrogen-bond donors (Lipinski definition) is 1. The zero-order chi connectivity index (χ0) is 13.8. The smallest absolute Gasteiger partial charge is 0.117 e. The minimum absolute atomic E-state index is 0.228. The van der Waals surface area contributed by atoms with Crippen LogP contribution in [0.25, 0.3) is 0 Å². The van der Waals surface area contributed by atoms with Crippen LogP contribution in [0.3, 0.4) is 0 Å². The van der Waals surface area contributed by atoms with Gasteiger partial charge in [0.25, 0.3) is 0 Å². The lowest BCUT2D eigenvalue weighted by Crippen LogP contribution is -2.16. The van der Waals surface area contributed by atoms with Gasteiger partial charge in [-0.05, 0) is 37.3 Å². The summed E-state index contributed by atoms with van der Waals surface area (Å²) in [5, 5.41) is 18.6. The summed E-state index contributed by atoms with van der Waals surface area (Å²) < 4.78 is 0.861. The largest absolute Gasteiger partial charge is 0.508 e. The van der Waals surface area contributed by atoms with Crippen molar-refractivity contribution >= 4 is 27.3 Å². The molecule has 19 heavy (non-hydrogen) atoms. The van der Waals surface area contributed by atoms with Gasteiger partial charge in [0, 0.05) is 28.5 Å². The van der Waals surface area contributed by atoms with Crippen molar-refractivity contribution in [2.75, 3.05) is 11.4 Å². The summed E-state index contributed by atoms with van der Waals surface area (Å²) in [5.41, 5.74) is 2.41.